The van der Waals surface area contributed by atoms with Crippen LogP contribution in [0, 0.1) is 0 Å². The van der Waals surface area contributed by atoms with E-state index in [-0.39, 0.29) is 5.43 Å². The topological polar surface area (TPSA) is 39.4 Å². The van der Waals surface area contributed by atoms with Gasteiger partial charge in [0.25, 0.3) is 0 Å². The summed E-state index contributed by atoms with van der Waals surface area (Å²) in [7, 11) is 0. The third-order valence-corrected chi connectivity index (χ3v) is 1.98. The summed E-state index contributed by atoms with van der Waals surface area (Å²) >= 11 is 0. The van der Waals surface area contributed by atoms with E-state index in [9.17, 15) is 4.79 Å². The molecule has 1 aromatic carbocycles. The van der Waals surface area contributed by atoms with Crippen molar-refractivity contribution in [3.8, 4) is 0 Å². The highest BCUT2D eigenvalue weighted by Gasteiger charge is 1.95. The van der Waals surface area contributed by atoms with Crippen LogP contribution < -0.4 is 5.43 Å². The smallest absolute Gasteiger partial charge is 0.192 e. The lowest BCUT2D eigenvalue weighted by atomic mass is 10.2. The Balaban J connectivity index is 0.000000221. The third-order valence-electron chi connectivity index (χ3n) is 1.98. The van der Waals surface area contributed by atoms with Crippen LogP contribution in [0.2, 0.25) is 0 Å². The molecule has 3 heteroatoms. The van der Waals surface area contributed by atoms with Gasteiger partial charge in [0.15, 0.2) is 5.43 Å². The number of hydrogen-bond acceptors (Lipinski definition) is 3. The van der Waals surface area contributed by atoms with E-state index in [1.54, 1.807) is 12.1 Å². The van der Waals surface area contributed by atoms with E-state index in [0.29, 0.717) is 11.0 Å². The zero-order valence-electron chi connectivity index (χ0n) is 9.60. The Morgan fingerprint density at radius 1 is 1.12 bits per heavy atom. The van der Waals surface area contributed by atoms with Gasteiger partial charge >= 0.3 is 0 Å². The summed E-state index contributed by atoms with van der Waals surface area (Å²) in [5.74, 6) is 0. The number of rotatable bonds is 2. The van der Waals surface area contributed by atoms with Gasteiger partial charge in [-0.25, -0.2) is 0 Å². The van der Waals surface area contributed by atoms with E-state index in [4.69, 9.17) is 9.15 Å². The Labute approximate surface area is 94.7 Å². The number of ether oxygens (including phenoxy) is 1. The highest BCUT2D eigenvalue weighted by Crippen LogP contribution is 2.06. The highest BCUT2D eigenvalue weighted by molar-refractivity contribution is 5.75. The van der Waals surface area contributed by atoms with Crippen molar-refractivity contribution in [3.05, 3.63) is 46.8 Å². The van der Waals surface area contributed by atoms with Gasteiger partial charge in [0, 0.05) is 19.3 Å². The second kappa shape index (κ2) is 6.80. The minimum atomic E-state index is 0.00634. The van der Waals surface area contributed by atoms with E-state index in [2.05, 4.69) is 0 Å². The molecule has 0 unspecified atom stereocenters. The van der Waals surface area contributed by atoms with Gasteiger partial charge in [-0.3, -0.25) is 4.79 Å². The molecule has 0 fully saturated rings. The SMILES string of the molecule is CCOCC.O=c1ccoc2ccccc12. The fourth-order valence-electron chi connectivity index (χ4n) is 1.24. The largest absolute Gasteiger partial charge is 0.464 e. The quantitative estimate of drug-likeness (QED) is 0.781. The molecule has 0 saturated heterocycles. The molecule has 1 aromatic heterocycles. The summed E-state index contributed by atoms with van der Waals surface area (Å²) in [5, 5.41) is 0.634. The molecule has 0 aliphatic rings. The van der Waals surface area contributed by atoms with Gasteiger partial charge in [-0.1, -0.05) is 12.1 Å². The monoisotopic (exact) mass is 220 g/mol. The van der Waals surface area contributed by atoms with Crippen LogP contribution in [0.5, 0.6) is 0 Å². The van der Waals surface area contributed by atoms with Gasteiger partial charge < -0.3 is 9.15 Å². The van der Waals surface area contributed by atoms with Crippen molar-refractivity contribution in [2.45, 2.75) is 13.8 Å². The molecule has 0 aliphatic heterocycles. The Morgan fingerprint density at radius 2 is 1.81 bits per heavy atom. The van der Waals surface area contributed by atoms with Gasteiger partial charge in [0.1, 0.15) is 5.58 Å². The molecule has 86 valence electrons. The zero-order valence-corrected chi connectivity index (χ0v) is 9.60. The predicted octanol–water partition coefficient (Wildman–Crippen LogP) is 2.84. The average molecular weight is 220 g/mol. The molecular formula is C13H16O3. The first-order valence-electron chi connectivity index (χ1n) is 5.33. The van der Waals surface area contributed by atoms with E-state index in [0.717, 1.165) is 13.2 Å². The first-order valence-corrected chi connectivity index (χ1v) is 5.33. The van der Waals surface area contributed by atoms with Crippen LogP contribution in [0.25, 0.3) is 11.0 Å². The molecule has 16 heavy (non-hydrogen) atoms. The van der Waals surface area contributed by atoms with Crippen LogP contribution >= 0.6 is 0 Å². The van der Waals surface area contributed by atoms with E-state index >= 15 is 0 Å². The van der Waals surface area contributed by atoms with Crippen molar-refractivity contribution in [2.24, 2.45) is 0 Å². The number of benzene rings is 1. The molecule has 3 nitrogen and oxygen atoms in total. The Bertz CT molecular complexity index is 466. The second-order valence-electron chi connectivity index (χ2n) is 3.06. The summed E-state index contributed by atoms with van der Waals surface area (Å²) in [6.07, 6.45) is 1.41. The first-order chi connectivity index (χ1) is 7.79. The summed E-state index contributed by atoms with van der Waals surface area (Å²) in [5.41, 5.74) is 0.645. The van der Waals surface area contributed by atoms with Crippen LogP contribution in [-0.4, -0.2) is 13.2 Å². The van der Waals surface area contributed by atoms with Gasteiger partial charge in [-0.15, -0.1) is 0 Å². The van der Waals surface area contributed by atoms with Gasteiger partial charge in [-0.05, 0) is 26.0 Å². The molecule has 0 N–H and O–H groups in total. The van der Waals surface area contributed by atoms with E-state index in [1.807, 2.05) is 26.0 Å². The maximum Gasteiger partial charge on any atom is 0.192 e. The molecule has 0 bridgehead atoms. The lowest BCUT2D eigenvalue weighted by Gasteiger charge is -1.91. The highest BCUT2D eigenvalue weighted by atomic mass is 16.5. The molecular weight excluding hydrogens is 204 g/mol. The second-order valence-corrected chi connectivity index (χ2v) is 3.06. The number of hydrogen-bond donors (Lipinski definition) is 0. The standard InChI is InChI=1S/C9H6O2.C4H10O/c10-8-5-6-11-9-4-2-1-3-7(8)9;1-3-5-4-2/h1-6H;3-4H2,1-2H3. The Kier molecular flexibility index (Phi) is 5.29. The van der Waals surface area contributed by atoms with E-state index in [1.165, 1.54) is 12.3 Å². The van der Waals surface area contributed by atoms with Crippen molar-refractivity contribution in [2.75, 3.05) is 13.2 Å². The minimum Gasteiger partial charge on any atom is -0.464 e. The summed E-state index contributed by atoms with van der Waals surface area (Å²) in [6.45, 7) is 5.67. The van der Waals surface area contributed by atoms with Gasteiger partial charge in [0.2, 0.25) is 0 Å². The molecule has 0 radical (unpaired) electrons. The molecule has 0 aliphatic carbocycles. The average Bonchev–Trinajstić information content (AvgIpc) is 2.32. The molecule has 0 saturated carbocycles. The van der Waals surface area contributed by atoms with Crippen LogP contribution in [0.15, 0.2) is 45.8 Å². The van der Waals surface area contributed by atoms with Crippen molar-refractivity contribution < 1.29 is 9.15 Å². The van der Waals surface area contributed by atoms with E-state index < -0.39 is 0 Å². The summed E-state index contributed by atoms with van der Waals surface area (Å²) in [6, 6.07) is 8.60. The van der Waals surface area contributed by atoms with Crippen molar-refractivity contribution in [1.82, 2.24) is 0 Å². The number of para-hydroxylation sites is 1. The molecule has 0 atom stereocenters. The predicted molar refractivity (Wildman–Crippen MR) is 64.7 cm³/mol. The summed E-state index contributed by atoms with van der Waals surface area (Å²) in [4.78, 5) is 11.1. The molecule has 2 aromatic rings. The van der Waals surface area contributed by atoms with Crippen LogP contribution in [0.3, 0.4) is 0 Å². The van der Waals surface area contributed by atoms with Crippen LogP contribution in [0.1, 0.15) is 13.8 Å². The molecule has 1 heterocycles. The lowest BCUT2D eigenvalue weighted by Crippen LogP contribution is -1.96. The lowest BCUT2D eigenvalue weighted by molar-refractivity contribution is 0.162. The Morgan fingerprint density at radius 3 is 2.38 bits per heavy atom. The van der Waals surface area contributed by atoms with Crippen molar-refractivity contribution in [1.29, 1.82) is 0 Å². The van der Waals surface area contributed by atoms with Crippen LogP contribution in [0.4, 0.5) is 0 Å². The normalized spacial score (nSPS) is 9.62. The molecule has 0 spiro atoms. The molecule has 0 amide bonds. The van der Waals surface area contributed by atoms with Gasteiger partial charge in [0.05, 0.1) is 11.6 Å². The Hall–Kier alpha value is -1.61. The zero-order chi connectivity index (χ0) is 11.8. The minimum absolute atomic E-state index is 0.00634. The van der Waals surface area contributed by atoms with Crippen LogP contribution in [-0.2, 0) is 4.74 Å². The van der Waals surface area contributed by atoms with Gasteiger partial charge in [-0.2, -0.15) is 0 Å². The molecule has 2 rings (SSSR count). The first kappa shape index (κ1) is 12.5. The third kappa shape index (κ3) is 3.51. The summed E-state index contributed by atoms with van der Waals surface area (Å²) < 4.78 is 9.93. The number of fused-ring (bicyclic) bond motifs is 1. The van der Waals surface area contributed by atoms with Crippen molar-refractivity contribution >= 4 is 11.0 Å². The fourth-order valence-corrected chi connectivity index (χ4v) is 1.24. The fraction of sp³-hybridized carbons (Fsp3) is 0.308. The van der Waals surface area contributed by atoms with Crippen molar-refractivity contribution in [3.63, 3.8) is 0 Å². The maximum absolute atomic E-state index is 11.1. The maximum atomic E-state index is 11.1.